The van der Waals surface area contributed by atoms with Crippen LogP contribution in [0.4, 0.5) is 24.7 Å². The molecule has 2 aromatic rings. The molecule has 24 heavy (non-hydrogen) atoms. The summed E-state index contributed by atoms with van der Waals surface area (Å²) >= 11 is 6.06. The fourth-order valence-electron chi connectivity index (χ4n) is 2.96. The van der Waals surface area contributed by atoms with Crippen molar-refractivity contribution in [3.05, 3.63) is 52.7 Å². The maximum Gasteiger partial charge on any atom is 0.419 e. The van der Waals surface area contributed by atoms with E-state index in [-0.39, 0.29) is 5.02 Å². The van der Waals surface area contributed by atoms with Crippen LogP contribution in [0.1, 0.15) is 11.1 Å². The summed E-state index contributed by atoms with van der Waals surface area (Å²) < 4.78 is 38.2. The number of para-hydroxylation sites is 1. The minimum absolute atomic E-state index is 0.0918. The van der Waals surface area contributed by atoms with Crippen molar-refractivity contribution in [2.24, 2.45) is 0 Å². The zero-order valence-electron chi connectivity index (χ0n) is 13.2. The van der Waals surface area contributed by atoms with Gasteiger partial charge in [0.1, 0.15) is 24.3 Å². The number of hydrogen-bond donors (Lipinski definition) is 0. The van der Waals surface area contributed by atoms with Gasteiger partial charge in [0.05, 0.1) is 18.7 Å². The van der Waals surface area contributed by atoms with Crippen LogP contribution in [-0.2, 0) is 6.18 Å². The third-order valence-electron chi connectivity index (χ3n) is 4.25. The molecule has 3 rings (SSSR count). The maximum absolute atomic E-state index is 12.7. The monoisotopic (exact) mass is 356 g/mol. The van der Waals surface area contributed by atoms with Crippen LogP contribution < -0.4 is 14.8 Å². The predicted molar refractivity (Wildman–Crippen MR) is 88.6 cm³/mol. The lowest BCUT2D eigenvalue weighted by atomic mass is 10.1. The van der Waals surface area contributed by atoms with E-state index in [0.717, 1.165) is 25.4 Å². The van der Waals surface area contributed by atoms with E-state index in [1.54, 1.807) is 0 Å². The third kappa shape index (κ3) is 3.43. The quantitative estimate of drug-likeness (QED) is 0.815. The second kappa shape index (κ2) is 6.51. The van der Waals surface area contributed by atoms with Gasteiger partial charge < -0.3 is 4.90 Å². The first kappa shape index (κ1) is 16.9. The summed E-state index contributed by atoms with van der Waals surface area (Å²) in [5.41, 5.74) is 1.64. The van der Waals surface area contributed by atoms with E-state index in [4.69, 9.17) is 11.6 Å². The summed E-state index contributed by atoms with van der Waals surface area (Å²) in [7, 11) is 0. The number of pyridine rings is 1. The molecule has 0 aliphatic carbocycles. The summed E-state index contributed by atoms with van der Waals surface area (Å²) in [4.78, 5) is 6.97. The molecule has 128 valence electrons. The normalized spacial score (nSPS) is 15.7. The van der Waals surface area contributed by atoms with Crippen molar-refractivity contribution >= 4 is 23.1 Å². The van der Waals surface area contributed by atoms with Gasteiger partial charge in [-0.3, -0.25) is 4.90 Å². The first-order valence-corrected chi connectivity index (χ1v) is 8.08. The molecule has 1 fully saturated rings. The smallest absolute Gasteiger partial charge is 0.363 e. The summed E-state index contributed by atoms with van der Waals surface area (Å²) in [6.45, 7) is 5.03. The number of halogens is 4. The zero-order valence-corrected chi connectivity index (χ0v) is 14.0. The van der Waals surface area contributed by atoms with E-state index in [2.05, 4.69) is 28.9 Å². The minimum Gasteiger partial charge on any atom is -0.363 e. The van der Waals surface area contributed by atoms with Gasteiger partial charge in [-0.15, -0.1) is 0 Å². The van der Waals surface area contributed by atoms with Crippen molar-refractivity contribution in [3.63, 3.8) is 0 Å². The summed E-state index contributed by atoms with van der Waals surface area (Å²) in [5, 5.41) is 0.0918. The lowest BCUT2D eigenvalue weighted by molar-refractivity contribution is -0.367. The number of rotatable bonds is 2. The molecule has 1 N–H and O–H groups in total. The molecule has 0 bridgehead atoms. The molecule has 1 aromatic carbocycles. The highest BCUT2D eigenvalue weighted by atomic mass is 35.5. The number of nitrogens with zero attached hydrogens (tertiary/aromatic N) is 2. The standard InChI is InChI=1S/C17H17ClF3N3/c1-12-4-2-3-5-15(12)23-6-8-24(9-7-23)16-14(18)10-13(11-22-16)17(19,20)21/h2-5,10-11H,6-9H2,1H3/p+1. The fourth-order valence-corrected chi connectivity index (χ4v) is 3.25. The van der Waals surface area contributed by atoms with E-state index >= 15 is 0 Å². The number of anilines is 2. The van der Waals surface area contributed by atoms with Crippen molar-refractivity contribution in [1.82, 2.24) is 0 Å². The molecule has 0 saturated carbocycles. The number of piperazine rings is 1. The second-order valence-electron chi connectivity index (χ2n) is 5.84. The molecule has 2 heterocycles. The number of aromatic nitrogens is 1. The molecule has 0 atom stereocenters. The number of aryl methyl sites for hydroxylation is 1. The highest BCUT2D eigenvalue weighted by molar-refractivity contribution is 6.32. The largest absolute Gasteiger partial charge is 0.419 e. The van der Waals surface area contributed by atoms with Crippen LogP contribution in [0, 0.1) is 6.92 Å². The van der Waals surface area contributed by atoms with Gasteiger partial charge in [0.25, 0.3) is 5.82 Å². The number of benzene rings is 1. The van der Waals surface area contributed by atoms with E-state index in [1.165, 1.54) is 11.3 Å². The molecule has 1 aliphatic rings. The molecule has 0 amide bonds. The van der Waals surface area contributed by atoms with Gasteiger partial charge in [-0.1, -0.05) is 29.8 Å². The Bertz CT molecular complexity index is 725. The maximum atomic E-state index is 12.7. The Kier molecular flexibility index (Phi) is 4.58. The number of alkyl halides is 3. The average Bonchev–Trinajstić information content (AvgIpc) is 2.55. The van der Waals surface area contributed by atoms with Crippen LogP contribution in [0.5, 0.6) is 0 Å². The Morgan fingerprint density at radius 2 is 1.67 bits per heavy atom. The number of H-pyrrole nitrogens is 1. The highest BCUT2D eigenvalue weighted by Crippen LogP contribution is 2.32. The lowest BCUT2D eigenvalue weighted by Crippen LogP contribution is -2.48. The van der Waals surface area contributed by atoms with Crippen molar-refractivity contribution < 1.29 is 18.2 Å². The van der Waals surface area contributed by atoms with Crippen molar-refractivity contribution in [3.8, 4) is 0 Å². The molecule has 1 aliphatic heterocycles. The Morgan fingerprint density at radius 3 is 2.25 bits per heavy atom. The Labute approximate surface area is 143 Å². The van der Waals surface area contributed by atoms with Gasteiger partial charge in [0.15, 0.2) is 0 Å². The summed E-state index contributed by atoms with van der Waals surface area (Å²) in [6, 6.07) is 9.15. The number of nitrogens with one attached hydrogen (secondary N) is 1. The van der Waals surface area contributed by atoms with Gasteiger partial charge in [-0.05, 0) is 24.6 Å². The van der Waals surface area contributed by atoms with Crippen LogP contribution in [-0.4, -0.2) is 26.2 Å². The Balaban J connectivity index is 1.72. The van der Waals surface area contributed by atoms with Crippen LogP contribution in [0.15, 0.2) is 36.5 Å². The first-order valence-electron chi connectivity index (χ1n) is 7.70. The van der Waals surface area contributed by atoms with Crippen LogP contribution in [0.25, 0.3) is 0 Å². The van der Waals surface area contributed by atoms with Crippen molar-refractivity contribution in [1.29, 1.82) is 0 Å². The van der Waals surface area contributed by atoms with Gasteiger partial charge in [-0.2, -0.15) is 13.2 Å². The summed E-state index contributed by atoms with van der Waals surface area (Å²) in [6.07, 6.45) is -3.43. The topological polar surface area (TPSA) is 20.6 Å². The zero-order chi connectivity index (χ0) is 17.3. The van der Waals surface area contributed by atoms with E-state index in [0.29, 0.717) is 18.9 Å². The molecule has 0 radical (unpaired) electrons. The predicted octanol–water partition coefficient (Wildman–Crippen LogP) is 3.81. The van der Waals surface area contributed by atoms with Crippen LogP contribution in [0.3, 0.4) is 0 Å². The van der Waals surface area contributed by atoms with Gasteiger partial charge in [-0.25, -0.2) is 4.98 Å². The van der Waals surface area contributed by atoms with Crippen molar-refractivity contribution in [2.45, 2.75) is 13.1 Å². The van der Waals surface area contributed by atoms with E-state index < -0.39 is 11.7 Å². The first-order chi connectivity index (χ1) is 11.4. The Morgan fingerprint density at radius 1 is 1.04 bits per heavy atom. The molecule has 7 heteroatoms. The van der Waals surface area contributed by atoms with Crippen molar-refractivity contribution in [2.75, 3.05) is 36.0 Å². The molecule has 0 unspecified atom stereocenters. The minimum atomic E-state index is -4.40. The molecule has 1 saturated heterocycles. The summed E-state index contributed by atoms with van der Waals surface area (Å²) in [5.74, 6) is 0.536. The fraction of sp³-hybridized carbons (Fsp3) is 0.353. The third-order valence-corrected chi connectivity index (χ3v) is 4.54. The Hall–Kier alpha value is -1.95. The molecule has 3 nitrogen and oxygen atoms in total. The lowest BCUT2D eigenvalue weighted by Gasteiger charge is -2.33. The van der Waals surface area contributed by atoms with Gasteiger partial charge >= 0.3 is 6.18 Å². The average molecular weight is 357 g/mol. The SMILES string of the molecule is Cc1ccccc1N1CCN(c2[nH+]cc(C(F)(F)F)cc2Cl)CC1. The number of hydrogen-bond acceptors (Lipinski definition) is 2. The molecular formula is C17H18ClF3N3+. The number of aromatic amines is 1. The molecular weight excluding hydrogens is 339 g/mol. The molecule has 0 spiro atoms. The second-order valence-corrected chi connectivity index (χ2v) is 6.25. The van der Waals surface area contributed by atoms with E-state index in [1.807, 2.05) is 17.0 Å². The van der Waals surface area contributed by atoms with Gasteiger partial charge in [0.2, 0.25) is 0 Å². The highest BCUT2D eigenvalue weighted by Gasteiger charge is 2.34. The van der Waals surface area contributed by atoms with Crippen LogP contribution in [0.2, 0.25) is 5.02 Å². The van der Waals surface area contributed by atoms with Crippen LogP contribution >= 0.6 is 11.6 Å². The molecule has 1 aromatic heterocycles. The van der Waals surface area contributed by atoms with E-state index in [9.17, 15) is 13.2 Å². The van der Waals surface area contributed by atoms with Gasteiger partial charge in [0, 0.05) is 5.69 Å².